The van der Waals surface area contributed by atoms with Gasteiger partial charge in [0.2, 0.25) is 5.91 Å². The standard InChI is InChI=1S/C10H14N2O2/c1-4-5-11-10(13)6-9-7(2)12-8(3)14-9/h4H,1,5-6H2,2-3H3,(H,11,13). The van der Waals surface area contributed by atoms with Crippen LogP contribution in [0.25, 0.3) is 0 Å². The summed E-state index contributed by atoms with van der Waals surface area (Å²) in [6.45, 7) is 7.58. The summed E-state index contributed by atoms with van der Waals surface area (Å²) < 4.78 is 5.27. The van der Waals surface area contributed by atoms with E-state index in [1.54, 1.807) is 13.0 Å². The Labute approximate surface area is 83.0 Å². The number of rotatable bonds is 4. The van der Waals surface area contributed by atoms with Gasteiger partial charge in [-0.1, -0.05) is 6.08 Å². The Kier molecular flexibility index (Phi) is 3.45. The lowest BCUT2D eigenvalue weighted by molar-refractivity contribution is -0.120. The van der Waals surface area contributed by atoms with Gasteiger partial charge in [-0.3, -0.25) is 4.79 Å². The minimum absolute atomic E-state index is 0.0795. The smallest absolute Gasteiger partial charge is 0.227 e. The molecule has 0 aliphatic heterocycles. The van der Waals surface area contributed by atoms with E-state index in [0.29, 0.717) is 18.2 Å². The van der Waals surface area contributed by atoms with E-state index in [2.05, 4.69) is 16.9 Å². The van der Waals surface area contributed by atoms with Crippen LogP contribution in [0.1, 0.15) is 17.3 Å². The highest BCUT2D eigenvalue weighted by Gasteiger charge is 2.10. The average molecular weight is 194 g/mol. The Morgan fingerprint density at radius 2 is 2.36 bits per heavy atom. The van der Waals surface area contributed by atoms with Gasteiger partial charge in [0.1, 0.15) is 5.76 Å². The molecule has 4 nitrogen and oxygen atoms in total. The second kappa shape index (κ2) is 4.60. The minimum atomic E-state index is -0.0795. The number of carbonyl (C=O) groups excluding carboxylic acids is 1. The number of oxazole rings is 1. The third kappa shape index (κ3) is 2.73. The number of nitrogens with zero attached hydrogens (tertiary/aromatic N) is 1. The highest BCUT2D eigenvalue weighted by atomic mass is 16.4. The third-order valence-corrected chi connectivity index (χ3v) is 1.76. The first-order valence-electron chi connectivity index (χ1n) is 4.44. The van der Waals surface area contributed by atoms with Gasteiger partial charge >= 0.3 is 0 Å². The van der Waals surface area contributed by atoms with Crippen molar-refractivity contribution >= 4 is 5.91 Å². The summed E-state index contributed by atoms with van der Waals surface area (Å²) in [7, 11) is 0. The van der Waals surface area contributed by atoms with E-state index in [1.807, 2.05) is 6.92 Å². The van der Waals surface area contributed by atoms with Crippen LogP contribution in [0.15, 0.2) is 17.1 Å². The fraction of sp³-hybridized carbons (Fsp3) is 0.400. The van der Waals surface area contributed by atoms with Crippen LogP contribution in [-0.2, 0) is 11.2 Å². The number of hydrogen-bond donors (Lipinski definition) is 1. The first-order chi connectivity index (χ1) is 6.63. The molecule has 14 heavy (non-hydrogen) atoms. The Hall–Kier alpha value is -1.58. The Bertz CT molecular complexity index is 342. The van der Waals surface area contributed by atoms with Crippen LogP contribution >= 0.6 is 0 Å². The van der Waals surface area contributed by atoms with E-state index in [-0.39, 0.29) is 12.3 Å². The van der Waals surface area contributed by atoms with Crippen molar-refractivity contribution in [1.29, 1.82) is 0 Å². The fourth-order valence-corrected chi connectivity index (χ4v) is 1.13. The lowest BCUT2D eigenvalue weighted by Gasteiger charge is -1.99. The zero-order valence-electron chi connectivity index (χ0n) is 8.46. The van der Waals surface area contributed by atoms with Crippen LogP contribution in [0.4, 0.5) is 0 Å². The van der Waals surface area contributed by atoms with E-state index in [1.165, 1.54) is 0 Å². The normalized spacial score (nSPS) is 9.86. The van der Waals surface area contributed by atoms with Crippen LogP contribution in [0.2, 0.25) is 0 Å². The van der Waals surface area contributed by atoms with Gasteiger partial charge in [0.15, 0.2) is 5.89 Å². The molecule has 0 atom stereocenters. The monoisotopic (exact) mass is 194 g/mol. The van der Waals surface area contributed by atoms with Crippen molar-refractivity contribution < 1.29 is 9.21 Å². The van der Waals surface area contributed by atoms with Crippen molar-refractivity contribution in [2.75, 3.05) is 6.54 Å². The molecular weight excluding hydrogens is 180 g/mol. The topological polar surface area (TPSA) is 55.1 Å². The Morgan fingerprint density at radius 1 is 1.64 bits per heavy atom. The molecule has 0 aliphatic rings. The molecule has 1 amide bonds. The minimum Gasteiger partial charge on any atom is -0.445 e. The summed E-state index contributed by atoms with van der Waals surface area (Å²) in [4.78, 5) is 15.4. The second-order valence-electron chi connectivity index (χ2n) is 3.01. The largest absolute Gasteiger partial charge is 0.445 e. The molecular formula is C10H14N2O2. The predicted molar refractivity (Wildman–Crippen MR) is 52.9 cm³/mol. The maximum atomic E-state index is 11.3. The molecule has 1 heterocycles. The summed E-state index contributed by atoms with van der Waals surface area (Å²) in [6, 6.07) is 0. The van der Waals surface area contributed by atoms with Crippen LogP contribution in [-0.4, -0.2) is 17.4 Å². The van der Waals surface area contributed by atoms with Crippen molar-refractivity contribution in [2.45, 2.75) is 20.3 Å². The predicted octanol–water partition coefficient (Wildman–Crippen LogP) is 1.14. The molecule has 0 aromatic carbocycles. The summed E-state index contributed by atoms with van der Waals surface area (Å²) in [5.74, 6) is 1.14. The molecule has 0 saturated carbocycles. The maximum absolute atomic E-state index is 11.3. The van der Waals surface area contributed by atoms with Gasteiger partial charge < -0.3 is 9.73 Å². The number of nitrogens with one attached hydrogen (secondary N) is 1. The quantitative estimate of drug-likeness (QED) is 0.731. The molecule has 76 valence electrons. The summed E-state index contributed by atoms with van der Waals surface area (Å²) >= 11 is 0. The van der Waals surface area contributed by atoms with Gasteiger partial charge in [-0.25, -0.2) is 4.98 Å². The number of amides is 1. The van der Waals surface area contributed by atoms with Crippen LogP contribution in [0, 0.1) is 13.8 Å². The van der Waals surface area contributed by atoms with Gasteiger partial charge in [0.25, 0.3) is 0 Å². The van der Waals surface area contributed by atoms with Gasteiger partial charge in [-0.2, -0.15) is 0 Å². The van der Waals surface area contributed by atoms with Crippen molar-refractivity contribution in [3.8, 4) is 0 Å². The lowest BCUT2D eigenvalue weighted by Crippen LogP contribution is -2.24. The van der Waals surface area contributed by atoms with Gasteiger partial charge in [0.05, 0.1) is 12.1 Å². The van der Waals surface area contributed by atoms with Crippen LogP contribution in [0.3, 0.4) is 0 Å². The van der Waals surface area contributed by atoms with E-state index < -0.39 is 0 Å². The Balaban J connectivity index is 2.55. The SMILES string of the molecule is C=CCNC(=O)Cc1oc(C)nc1C. The molecule has 1 N–H and O–H groups in total. The molecule has 1 aromatic rings. The van der Waals surface area contributed by atoms with Crippen molar-refractivity contribution in [3.05, 3.63) is 30.0 Å². The number of aryl methyl sites for hydroxylation is 2. The molecule has 0 radical (unpaired) electrons. The fourth-order valence-electron chi connectivity index (χ4n) is 1.13. The Morgan fingerprint density at radius 3 is 2.86 bits per heavy atom. The zero-order valence-corrected chi connectivity index (χ0v) is 8.46. The summed E-state index contributed by atoms with van der Waals surface area (Å²) in [5, 5.41) is 2.67. The second-order valence-corrected chi connectivity index (χ2v) is 3.01. The first-order valence-corrected chi connectivity index (χ1v) is 4.44. The van der Waals surface area contributed by atoms with Crippen molar-refractivity contribution in [1.82, 2.24) is 10.3 Å². The van der Waals surface area contributed by atoms with E-state index >= 15 is 0 Å². The molecule has 0 aliphatic carbocycles. The van der Waals surface area contributed by atoms with Gasteiger partial charge in [-0.05, 0) is 6.92 Å². The van der Waals surface area contributed by atoms with Crippen LogP contribution < -0.4 is 5.32 Å². The van der Waals surface area contributed by atoms with Crippen molar-refractivity contribution in [3.63, 3.8) is 0 Å². The highest BCUT2D eigenvalue weighted by Crippen LogP contribution is 2.09. The maximum Gasteiger partial charge on any atom is 0.227 e. The molecule has 1 rings (SSSR count). The molecule has 0 unspecified atom stereocenters. The molecule has 4 heteroatoms. The molecule has 1 aromatic heterocycles. The van der Waals surface area contributed by atoms with E-state index in [9.17, 15) is 4.79 Å². The molecule has 0 bridgehead atoms. The third-order valence-electron chi connectivity index (χ3n) is 1.76. The number of aromatic nitrogens is 1. The highest BCUT2D eigenvalue weighted by molar-refractivity contribution is 5.78. The molecule has 0 spiro atoms. The first kappa shape index (κ1) is 10.5. The van der Waals surface area contributed by atoms with Gasteiger partial charge in [-0.15, -0.1) is 6.58 Å². The average Bonchev–Trinajstić information content (AvgIpc) is 2.42. The van der Waals surface area contributed by atoms with Crippen molar-refractivity contribution in [2.24, 2.45) is 0 Å². The van der Waals surface area contributed by atoms with E-state index in [0.717, 1.165) is 5.69 Å². The lowest BCUT2D eigenvalue weighted by atomic mass is 10.2. The van der Waals surface area contributed by atoms with Gasteiger partial charge in [0, 0.05) is 13.5 Å². The number of hydrogen-bond acceptors (Lipinski definition) is 3. The number of carbonyl (C=O) groups is 1. The summed E-state index contributed by atoms with van der Waals surface area (Å²) in [5.41, 5.74) is 0.774. The zero-order chi connectivity index (χ0) is 10.6. The van der Waals surface area contributed by atoms with Crippen LogP contribution in [0.5, 0.6) is 0 Å². The van der Waals surface area contributed by atoms with E-state index in [4.69, 9.17) is 4.42 Å². The summed E-state index contributed by atoms with van der Waals surface area (Å²) in [6.07, 6.45) is 1.87. The molecule has 0 saturated heterocycles. The molecule has 0 fully saturated rings.